The fraction of sp³-hybridized carbons (Fsp3) is 0.0182. The van der Waals surface area contributed by atoms with E-state index in [0.29, 0.717) is 0 Å². The molecule has 0 spiro atoms. The van der Waals surface area contributed by atoms with Gasteiger partial charge in [-0.3, -0.25) is 0 Å². The molecule has 0 saturated heterocycles. The van der Waals surface area contributed by atoms with Crippen molar-refractivity contribution in [3.8, 4) is 33.4 Å². The Balaban J connectivity index is 1.20. The first-order valence-electron chi connectivity index (χ1n) is 19.6. The van der Waals surface area contributed by atoms with E-state index in [1.165, 1.54) is 75.8 Å². The number of fused-ring (bicyclic) bond motifs is 6. The highest BCUT2D eigenvalue weighted by atomic mass is 32.1. The summed E-state index contributed by atoms with van der Waals surface area (Å²) in [6.07, 6.45) is 0. The molecule has 1 aliphatic rings. The third-order valence-corrected chi connectivity index (χ3v) is 12.9. The van der Waals surface area contributed by atoms with Crippen molar-refractivity contribution in [3.63, 3.8) is 0 Å². The molecule has 57 heavy (non-hydrogen) atoms. The Morgan fingerprint density at radius 1 is 0.368 bits per heavy atom. The monoisotopic (exact) mass is 743 g/mol. The second-order valence-electron chi connectivity index (χ2n) is 14.8. The summed E-state index contributed by atoms with van der Waals surface area (Å²) in [7, 11) is 0. The number of hydrogen-bond donors (Lipinski definition) is 0. The highest BCUT2D eigenvalue weighted by molar-refractivity contribution is 7.26. The molecule has 0 saturated carbocycles. The number of rotatable bonds is 7. The van der Waals surface area contributed by atoms with Gasteiger partial charge in [-0.1, -0.05) is 182 Å². The highest BCUT2D eigenvalue weighted by Gasteiger charge is 2.47. The normalized spacial score (nSPS) is 12.7. The summed E-state index contributed by atoms with van der Waals surface area (Å²) in [5, 5.41) is 2.58. The van der Waals surface area contributed by atoms with Crippen LogP contribution in [0.25, 0.3) is 53.6 Å². The van der Waals surface area contributed by atoms with E-state index >= 15 is 0 Å². The minimum absolute atomic E-state index is 0.494. The van der Waals surface area contributed by atoms with Crippen LogP contribution in [0.15, 0.2) is 224 Å². The Labute approximate surface area is 337 Å². The molecule has 0 unspecified atom stereocenters. The Morgan fingerprint density at radius 2 is 0.877 bits per heavy atom. The molecular weight excluding hydrogens is 707 g/mol. The molecule has 0 atom stereocenters. The Bertz CT molecular complexity index is 2950. The van der Waals surface area contributed by atoms with Crippen molar-refractivity contribution < 1.29 is 0 Å². The van der Waals surface area contributed by atoms with Crippen molar-refractivity contribution in [3.05, 3.63) is 247 Å². The van der Waals surface area contributed by atoms with Gasteiger partial charge in [0.05, 0.1) is 15.8 Å². The average molecular weight is 744 g/mol. The highest BCUT2D eigenvalue weighted by Crippen LogP contribution is 2.59. The van der Waals surface area contributed by atoms with Crippen LogP contribution >= 0.6 is 11.3 Å². The second-order valence-corrected chi connectivity index (χ2v) is 15.9. The van der Waals surface area contributed by atoms with E-state index in [9.17, 15) is 0 Å². The standard InChI is InChI=1S/C55H37NS/c1-5-19-38(20-6-1)40-35-41(39-21-7-2-8-22-39)37-44(36-40)56(43-25-11-4-12-26-43)51-33-17-29-47-53-50(32-18-34-52(53)57-54(47)51)55(42-23-9-3-10-24-42)48-30-15-13-27-45(48)46-28-14-16-31-49(46)55/h1-37H. The fourth-order valence-electron chi connectivity index (χ4n) is 9.34. The lowest BCUT2D eigenvalue weighted by Gasteiger charge is -2.34. The van der Waals surface area contributed by atoms with Crippen LogP contribution in [0.2, 0.25) is 0 Å². The number of nitrogens with zero attached hydrogens (tertiary/aromatic N) is 1. The molecule has 0 aliphatic heterocycles. The number of para-hydroxylation sites is 1. The maximum atomic E-state index is 2.46. The van der Waals surface area contributed by atoms with E-state index in [2.05, 4.69) is 229 Å². The van der Waals surface area contributed by atoms with Crippen LogP contribution in [0, 0.1) is 0 Å². The molecule has 10 aromatic rings. The van der Waals surface area contributed by atoms with Crippen LogP contribution in [0.4, 0.5) is 17.1 Å². The molecule has 1 aliphatic carbocycles. The summed E-state index contributed by atoms with van der Waals surface area (Å²) in [5.74, 6) is 0. The summed E-state index contributed by atoms with van der Waals surface area (Å²) in [5.41, 5.74) is 15.5. The van der Waals surface area contributed by atoms with E-state index < -0.39 is 5.41 Å². The molecule has 0 radical (unpaired) electrons. The summed E-state index contributed by atoms with van der Waals surface area (Å²) >= 11 is 1.89. The fourth-order valence-corrected chi connectivity index (χ4v) is 10.6. The first kappa shape index (κ1) is 33.3. The van der Waals surface area contributed by atoms with E-state index in [1.807, 2.05) is 11.3 Å². The molecule has 2 heteroatoms. The smallest absolute Gasteiger partial charge is 0.0720 e. The average Bonchev–Trinajstić information content (AvgIpc) is 3.83. The molecule has 11 rings (SSSR count). The van der Waals surface area contributed by atoms with Crippen molar-refractivity contribution in [1.82, 2.24) is 0 Å². The molecule has 1 heterocycles. The van der Waals surface area contributed by atoms with Gasteiger partial charge in [0.2, 0.25) is 0 Å². The predicted molar refractivity (Wildman–Crippen MR) is 242 cm³/mol. The predicted octanol–water partition coefficient (Wildman–Crippen LogP) is 15.2. The minimum Gasteiger partial charge on any atom is -0.309 e. The number of benzene rings is 9. The van der Waals surface area contributed by atoms with Crippen LogP contribution in [0.1, 0.15) is 22.3 Å². The maximum absolute atomic E-state index is 2.46. The van der Waals surface area contributed by atoms with E-state index in [-0.39, 0.29) is 0 Å². The molecule has 1 aromatic heterocycles. The van der Waals surface area contributed by atoms with Gasteiger partial charge >= 0.3 is 0 Å². The van der Waals surface area contributed by atoms with Gasteiger partial charge in [0.15, 0.2) is 0 Å². The lowest BCUT2D eigenvalue weighted by atomic mass is 9.66. The Kier molecular flexibility index (Phi) is 7.98. The van der Waals surface area contributed by atoms with Gasteiger partial charge in [-0.15, -0.1) is 11.3 Å². The van der Waals surface area contributed by atoms with Crippen molar-refractivity contribution in [2.75, 3.05) is 4.90 Å². The zero-order chi connectivity index (χ0) is 37.8. The quantitative estimate of drug-likeness (QED) is 0.157. The van der Waals surface area contributed by atoms with Crippen LogP contribution < -0.4 is 4.90 Å². The van der Waals surface area contributed by atoms with Gasteiger partial charge < -0.3 is 4.90 Å². The topological polar surface area (TPSA) is 3.24 Å². The Morgan fingerprint density at radius 3 is 1.49 bits per heavy atom. The van der Waals surface area contributed by atoms with Crippen LogP contribution in [0.3, 0.4) is 0 Å². The van der Waals surface area contributed by atoms with Crippen LogP contribution in [-0.4, -0.2) is 0 Å². The van der Waals surface area contributed by atoms with E-state index in [0.717, 1.165) is 17.1 Å². The van der Waals surface area contributed by atoms with E-state index in [4.69, 9.17) is 0 Å². The van der Waals surface area contributed by atoms with Crippen LogP contribution in [0.5, 0.6) is 0 Å². The zero-order valence-corrected chi connectivity index (χ0v) is 32.0. The summed E-state index contributed by atoms with van der Waals surface area (Å²) in [6, 6.07) is 82.4. The molecule has 0 bridgehead atoms. The van der Waals surface area contributed by atoms with Crippen molar-refractivity contribution >= 4 is 48.6 Å². The minimum atomic E-state index is -0.494. The lowest BCUT2D eigenvalue weighted by Crippen LogP contribution is -2.28. The second kappa shape index (κ2) is 13.6. The Hall–Kier alpha value is -7.00. The number of thiophene rings is 1. The largest absolute Gasteiger partial charge is 0.309 e. The van der Waals surface area contributed by atoms with Gasteiger partial charge in [-0.2, -0.15) is 0 Å². The van der Waals surface area contributed by atoms with Gasteiger partial charge in [0.25, 0.3) is 0 Å². The third-order valence-electron chi connectivity index (χ3n) is 11.7. The first-order valence-corrected chi connectivity index (χ1v) is 20.4. The number of anilines is 3. The van der Waals surface area contributed by atoms with Gasteiger partial charge in [0.1, 0.15) is 0 Å². The van der Waals surface area contributed by atoms with E-state index in [1.54, 1.807) is 0 Å². The SMILES string of the molecule is c1ccc(-c2cc(-c3ccccc3)cc(N(c3ccccc3)c3cccc4c3sc3cccc(C5(c6ccccc6)c6ccccc6-c6ccccc65)c34)c2)cc1. The molecule has 0 N–H and O–H groups in total. The molecular formula is C55H37NS. The molecule has 9 aromatic carbocycles. The lowest BCUT2D eigenvalue weighted by molar-refractivity contribution is 0.777. The molecule has 1 nitrogen and oxygen atoms in total. The summed E-state index contributed by atoms with van der Waals surface area (Å²) < 4.78 is 2.54. The van der Waals surface area contributed by atoms with Gasteiger partial charge in [0, 0.05) is 26.8 Å². The van der Waals surface area contributed by atoms with Crippen molar-refractivity contribution in [1.29, 1.82) is 0 Å². The summed E-state index contributed by atoms with van der Waals surface area (Å²) in [6.45, 7) is 0. The van der Waals surface area contributed by atoms with Crippen molar-refractivity contribution in [2.45, 2.75) is 5.41 Å². The summed E-state index contributed by atoms with van der Waals surface area (Å²) in [4.78, 5) is 2.46. The van der Waals surface area contributed by atoms with Crippen molar-refractivity contribution in [2.24, 2.45) is 0 Å². The van der Waals surface area contributed by atoms with Crippen LogP contribution in [-0.2, 0) is 5.41 Å². The van der Waals surface area contributed by atoms with Gasteiger partial charge in [-0.05, 0) is 98.1 Å². The molecule has 0 fully saturated rings. The molecule has 0 amide bonds. The van der Waals surface area contributed by atoms with Gasteiger partial charge in [-0.25, -0.2) is 0 Å². The first-order chi connectivity index (χ1) is 28.3. The number of hydrogen-bond acceptors (Lipinski definition) is 2. The zero-order valence-electron chi connectivity index (χ0n) is 31.2. The third kappa shape index (κ3) is 5.29. The maximum Gasteiger partial charge on any atom is 0.0720 e. The molecule has 268 valence electrons.